The summed E-state index contributed by atoms with van der Waals surface area (Å²) < 4.78 is 19.5. The first-order valence-corrected chi connectivity index (χ1v) is 6.82. The number of benzene rings is 1. The van der Waals surface area contributed by atoms with E-state index in [4.69, 9.17) is 10.5 Å². The molecule has 3 atom stereocenters. The summed E-state index contributed by atoms with van der Waals surface area (Å²) in [6.07, 6.45) is 5.38. The van der Waals surface area contributed by atoms with E-state index in [9.17, 15) is 4.39 Å². The molecule has 1 aromatic rings. The maximum absolute atomic E-state index is 13.3. The Morgan fingerprint density at radius 1 is 1.39 bits per heavy atom. The van der Waals surface area contributed by atoms with Crippen LogP contribution < -0.4 is 10.5 Å². The Morgan fingerprint density at radius 2 is 2.22 bits per heavy atom. The van der Waals surface area contributed by atoms with Crippen LogP contribution in [0, 0.1) is 11.7 Å². The molecule has 0 saturated heterocycles. The van der Waals surface area contributed by atoms with Gasteiger partial charge >= 0.3 is 0 Å². The molecule has 3 rings (SSSR count). The number of nitrogens with two attached hydrogens (primary N) is 1. The Hall–Kier alpha value is -1.09. The van der Waals surface area contributed by atoms with E-state index in [0.717, 1.165) is 24.8 Å². The van der Waals surface area contributed by atoms with E-state index in [1.165, 1.54) is 25.0 Å². The summed E-state index contributed by atoms with van der Waals surface area (Å²) in [6, 6.07) is 4.67. The van der Waals surface area contributed by atoms with Crippen molar-refractivity contribution in [1.29, 1.82) is 0 Å². The van der Waals surface area contributed by atoms with Gasteiger partial charge in [0.2, 0.25) is 0 Å². The van der Waals surface area contributed by atoms with Crippen molar-refractivity contribution < 1.29 is 9.13 Å². The summed E-state index contributed by atoms with van der Waals surface area (Å²) in [5, 5.41) is 0. The average Bonchev–Trinajstić information content (AvgIpc) is 2.27. The molecular formula is C15H20FNO. The zero-order chi connectivity index (χ0) is 12.8. The molecular weight excluding hydrogens is 229 g/mol. The highest BCUT2D eigenvalue weighted by molar-refractivity contribution is 5.39. The summed E-state index contributed by atoms with van der Waals surface area (Å²) in [7, 11) is 0. The SMILES string of the molecule is CC1CCCC2(C1)CC(N)c1ccc(F)cc1O2. The molecule has 3 heteroatoms. The molecule has 0 radical (unpaired) electrons. The normalized spacial score (nSPS) is 35.1. The first-order valence-electron chi connectivity index (χ1n) is 6.82. The lowest BCUT2D eigenvalue weighted by atomic mass is 9.73. The fourth-order valence-electron chi connectivity index (χ4n) is 3.58. The third kappa shape index (κ3) is 2.01. The van der Waals surface area contributed by atoms with Gasteiger partial charge in [-0.1, -0.05) is 19.4 Å². The minimum Gasteiger partial charge on any atom is -0.487 e. The van der Waals surface area contributed by atoms with Crippen molar-refractivity contribution in [2.45, 2.75) is 50.7 Å². The topological polar surface area (TPSA) is 35.2 Å². The lowest BCUT2D eigenvalue weighted by Gasteiger charge is -2.45. The van der Waals surface area contributed by atoms with E-state index in [-0.39, 0.29) is 17.5 Å². The van der Waals surface area contributed by atoms with E-state index in [2.05, 4.69) is 6.92 Å². The van der Waals surface area contributed by atoms with Crippen LogP contribution in [0.2, 0.25) is 0 Å². The van der Waals surface area contributed by atoms with Crippen molar-refractivity contribution in [3.05, 3.63) is 29.6 Å². The lowest BCUT2D eigenvalue weighted by molar-refractivity contribution is -0.0142. The third-order valence-electron chi connectivity index (χ3n) is 4.34. The molecule has 98 valence electrons. The molecule has 3 unspecified atom stereocenters. The summed E-state index contributed by atoms with van der Waals surface area (Å²) in [5.74, 6) is 1.07. The summed E-state index contributed by atoms with van der Waals surface area (Å²) in [6.45, 7) is 2.26. The van der Waals surface area contributed by atoms with Gasteiger partial charge in [-0.15, -0.1) is 0 Å². The summed E-state index contributed by atoms with van der Waals surface area (Å²) >= 11 is 0. The summed E-state index contributed by atoms with van der Waals surface area (Å²) in [5.41, 5.74) is 7.03. The molecule has 18 heavy (non-hydrogen) atoms. The Labute approximate surface area is 107 Å². The van der Waals surface area contributed by atoms with Gasteiger partial charge in [-0.25, -0.2) is 4.39 Å². The van der Waals surface area contributed by atoms with Crippen molar-refractivity contribution in [2.75, 3.05) is 0 Å². The monoisotopic (exact) mass is 249 g/mol. The number of hydrogen-bond donors (Lipinski definition) is 1. The Bertz CT molecular complexity index is 462. The zero-order valence-corrected chi connectivity index (χ0v) is 10.8. The van der Waals surface area contributed by atoms with Gasteiger partial charge in [0.25, 0.3) is 0 Å². The number of rotatable bonds is 0. The number of ether oxygens (including phenoxy) is 1. The quantitative estimate of drug-likeness (QED) is 0.763. The predicted molar refractivity (Wildman–Crippen MR) is 68.9 cm³/mol. The highest BCUT2D eigenvalue weighted by Crippen LogP contribution is 2.46. The standard InChI is InChI=1S/C15H20FNO/c1-10-3-2-6-15(8-10)9-13(17)12-5-4-11(16)7-14(12)18-15/h4-5,7,10,13H,2-3,6,8-9,17H2,1H3. The first-order chi connectivity index (χ1) is 8.58. The third-order valence-corrected chi connectivity index (χ3v) is 4.34. The maximum atomic E-state index is 13.3. The number of hydrogen-bond acceptors (Lipinski definition) is 2. The van der Waals surface area contributed by atoms with Crippen LogP contribution in [0.4, 0.5) is 4.39 Å². The van der Waals surface area contributed by atoms with E-state index in [1.54, 1.807) is 6.07 Å². The van der Waals surface area contributed by atoms with Gasteiger partial charge in [-0.05, 0) is 31.2 Å². The van der Waals surface area contributed by atoms with Gasteiger partial charge in [0, 0.05) is 24.1 Å². The second-order valence-electron chi connectivity index (χ2n) is 5.98. The van der Waals surface area contributed by atoms with E-state index in [0.29, 0.717) is 11.7 Å². The van der Waals surface area contributed by atoms with E-state index >= 15 is 0 Å². The fraction of sp³-hybridized carbons (Fsp3) is 0.600. The van der Waals surface area contributed by atoms with Crippen molar-refractivity contribution in [3.63, 3.8) is 0 Å². The van der Waals surface area contributed by atoms with Crippen molar-refractivity contribution in [3.8, 4) is 5.75 Å². The Morgan fingerprint density at radius 3 is 3.00 bits per heavy atom. The molecule has 2 nitrogen and oxygen atoms in total. The zero-order valence-electron chi connectivity index (χ0n) is 10.8. The van der Waals surface area contributed by atoms with Gasteiger partial charge < -0.3 is 10.5 Å². The average molecular weight is 249 g/mol. The summed E-state index contributed by atoms with van der Waals surface area (Å²) in [4.78, 5) is 0. The van der Waals surface area contributed by atoms with Crippen molar-refractivity contribution in [2.24, 2.45) is 11.7 Å². The van der Waals surface area contributed by atoms with E-state index < -0.39 is 0 Å². The molecule has 0 aromatic heterocycles. The van der Waals surface area contributed by atoms with E-state index in [1.807, 2.05) is 0 Å². The molecule has 1 saturated carbocycles. The fourth-order valence-corrected chi connectivity index (χ4v) is 3.58. The number of halogens is 1. The van der Waals surface area contributed by atoms with Gasteiger partial charge in [-0.2, -0.15) is 0 Å². The molecule has 1 aliphatic carbocycles. The second kappa shape index (κ2) is 4.23. The smallest absolute Gasteiger partial charge is 0.127 e. The van der Waals surface area contributed by atoms with Gasteiger partial charge in [-0.3, -0.25) is 0 Å². The predicted octanol–water partition coefficient (Wildman–Crippen LogP) is 3.56. The van der Waals surface area contributed by atoms with Crippen molar-refractivity contribution >= 4 is 0 Å². The molecule has 0 amide bonds. The molecule has 1 spiro atoms. The van der Waals surface area contributed by atoms with Crippen LogP contribution in [0.5, 0.6) is 5.75 Å². The molecule has 2 aliphatic rings. The molecule has 1 aromatic carbocycles. The minimum absolute atomic E-state index is 0.0281. The number of fused-ring (bicyclic) bond motifs is 1. The highest BCUT2D eigenvalue weighted by atomic mass is 19.1. The van der Waals surface area contributed by atoms with Crippen LogP contribution in [0.25, 0.3) is 0 Å². The molecule has 2 N–H and O–H groups in total. The van der Waals surface area contributed by atoms with Gasteiger partial charge in [0.05, 0.1) is 0 Å². The van der Waals surface area contributed by atoms with Gasteiger partial charge in [0.15, 0.2) is 0 Å². The van der Waals surface area contributed by atoms with Crippen LogP contribution in [0.3, 0.4) is 0 Å². The van der Waals surface area contributed by atoms with Crippen LogP contribution in [-0.2, 0) is 0 Å². The van der Waals surface area contributed by atoms with Crippen molar-refractivity contribution in [1.82, 2.24) is 0 Å². The minimum atomic E-state index is -0.248. The maximum Gasteiger partial charge on any atom is 0.127 e. The largest absolute Gasteiger partial charge is 0.487 e. The second-order valence-corrected chi connectivity index (χ2v) is 5.98. The van der Waals surface area contributed by atoms with Crippen LogP contribution in [0.1, 0.15) is 50.6 Å². The van der Waals surface area contributed by atoms with Crippen LogP contribution >= 0.6 is 0 Å². The van der Waals surface area contributed by atoms with Gasteiger partial charge in [0.1, 0.15) is 17.2 Å². The molecule has 0 bridgehead atoms. The molecule has 1 aliphatic heterocycles. The molecule has 1 heterocycles. The van der Waals surface area contributed by atoms with Crippen LogP contribution in [-0.4, -0.2) is 5.60 Å². The van der Waals surface area contributed by atoms with Crippen LogP contribution in [0.15, 0.2) is 18.2 Å². The lowest BCUT2D eigenvalue weighted by Crippen LogP contribution is -2.46. The first kappa shape index (κ1) is 12.0. The highest BCUT2D eigenvalue weighted by Gasteiger charge is 2.42. The Balaban J connectivity index is 1.94. The molecule has 1 fully saturated rings. The Kier molecular flexibility index (Phi) is 2.81.